The fraction of sp³-hybridized carbons (Fsp3) is 0.586. The lowest BCUT2D eigenvalue weighted by atomic mass is 10.0. The highest BCUT2D eigenvalue weighted by molar-refractivity contribution is 6.99. The molecular weight excluding hydrogens is 440 g/mol. The zero-order valence-corrected chi connectivity index (χ0v) is 22.1. The van der Waals surface area contributed by atoms with Gasteiger partial charge in [-0.05, 0) is 41.1 Å². The molecule has 4 nitrogen and oxygen atoms in total. The molecule has 2 aromatic rings. The summed E-state index contributed by atoms with van der Waals surface area (Å²) in [6, 6.07) is 21.7. The second kappa shape index (κ2) is 9.51. The standard InChI is InChI=1S/C29H40O4Si/c1-27(2,3)34(25-12-6-4-7-13-25,26-14-8-5-9-15-26)31-23-17-24-16-19-29(32-24)21-20-28(33-29)18-10-11-22-30-28/h4-9,12-15,24H,10-11,16-23H2,1-3H3. The Morgan fingerprint density at radius 3 is 2.09 bits per heavy atom. The Balaban J connectivity index is 1.30. The maximum Gasteiger partial charge on any atom is 0.261 e. The number of hydrogen-bond acceptors (Lipinski definition) is 4. The van der Waals surface area contributed by atoms with Crippen molar-refractivity contribution in [3.8, 4) is 0 Å². The third-order valence-electron chi connectivity index (χ3n) is 7.98. The lowest BCUT2D eigenvalue weighted by molar-refractivity contribution is -0.323. The molecule has 2 spiro atoms. The Morgan fingerprint density at radius 2 is 1.50 bits per heavy atom. The molecule has 3 aliphatic rings. The summed E-state index contributed by atoms with van der Waals surface area (Å²) in [6.07, 6.45) is 8.28. The fourth-order valence-corrected chi connectivity index (χ4v) is 10.9. The molecule has 0 amide bonds. The third kappa shape index (κ3) is 4.53. The van der Waals surface area contributed by atoms with E-state index in [0.29, 0.717) is 6.61 Å². The van der Waals surface area contributed by atoms with Crippen molar-refractivity contribution in [2.75, 3.05) is 13.2 Å². The second-order valence-electron chi connectivity index (χ2n) is 11.3. The zero-order valence-electron chi connectivity index (χ0n) is 21.1. The first kappa shape index (κ1) is 24.2. The molecule has 3 heterocycles. The van der Waals surface area contributed by atoms with Crippen molar-refractivity contribution in [3.05, 3.63) is 60.7 Å². The summed E-state index contributed by atoms with van der Waals surface area (Å²) in [5.41, 5.74) is 0. The van der Waals surface area contributed by atoms with Gasteiger partial charge in [-0.15, -0.1) is 0 Å². The van der Waals surface area contributed by atoms with E-state index in [-0.39, 0.29) is 11.1 Å². The van der Waals surface area contributed by atoms with Gasteiger partial charge in [-0.3, -0.25) is 0 Å². The van der Waals surface area contributed by atoms with Crippen LogP contribution in [0.25, 0.3) is 0 Å². The van der Waals surface area contributed by atoms with Crippen LogP contribution in [0.4, 0.5) is 0 Å². The van der Waals surface area contributed by atoms with E-state index < -0.39 is 19.9 Å². The Labute approximate surface area is 206 Å². The van der Waals surface area contributed by atoms with Crippen LogP contribution in [0.3, 0.4) is 0 Å². The number of benzene rings is 2. The van der Waals surface area contributed by atoms with Crippen LogP contribution in [0.2, 0.25) is 5.04 Å². The quantitative estimate of drug-likeness (QED) is 0.509. The molecule has 0 aromatic heterocycles. The predicted molar refractivity (Wildman–Crippen MR) is 138 cm³/mol. The molecule has 5 heteroatoms. The first-order chi connectivity index (χ1) is 16.4. The van der Waals surface area contributed by atoms with Crippen molar-refractivity contribution in [1.82, 2.24) is 0 Å². The van der Waals surface area contributed by atoms with Crippen LogP contribution in [-0.4, -0.2) is 39.2 Å². The van der Waals surface area contributed by atoms with Crippen molar-refractivity contribution < 1.29 is 18.6 Å². The van der Waals surface area contributed by atoms with Gasteiger partial charge in [0.05, 0.1) is 12.7 Å². The molecule has 0 N–H and O–H groups in total. The zero-order chi connectivity index (χ0) is 23.7. The van der Waals surface area contributed by atoms with E-state index in [1.807, 2.05) is 0 Å². The van der Waals surface area contributed by atoms with E-state index in [4.69, 9.17) is 18.6 Å². The largest absolute Gasteiger partial charge is 0.407 e. The molecule has 3 fully saturated rings. The molecule has 3 unspecified atom stereocenters. The normalized spacial score (nSPS) is 29.8. The van der Waals surface area contributed by atoms with Gasteiger partial charge in [0.2, 0.25) is 0 Å². The summed E-state index contributed by atoms with van der Waals surface area (Å²) in [5, 5.41) is 2.65. The summed E-state index contributed by atoms with van der Waals surface area (Å²) in [5.74, 6) is -0.835. The van der Waals surface area contributed by atoms with Crippen molar-refractivity contribution >= 4 is 18.7 Å². The second-order valence-corrected chi connectivity index (χ2v) is 15.6. The van der Waals surface area contributed by atoms with E-state index in [9.17, 15) is 0 Å². The van der Waals surface area contributed by atoms with E-state index in [1.165, 1.54) is 16.8 Å². The van der Waals surface area contributed by atoms with Crippen LogP contribution in [-0.2, 0) is 18.6 Å². The molecule has 3 aliphatic heterocycles. The van der Waals surface area contributed by atoms with Gasteiger partial charge < -0.3 is 18.6 Å². The van der Waals surface area contributed by atoms with Crippen LogP contribution >= 0.6 is 0 Å². The van der Waals surface area contributed by atoms with Gasteiger partial charge in [-0.2, -0.15) is 0 Å². The highest BCUT2D eigenvalue weighted by atomic mass is 28.4. The highest BCUT2D eigenvalue weighted by Crippen LogP contribution is 2.50. The smallest absolute Gasteiger partial charge is 0.261 e. The fourth-order valence-electron chi connectivity index (χ4n) is 6.30. The van der Waals surface area contributed by atoms with Gasteiger partial charge >= 0.3 is 0 Å². The molecule has 5 rings (SSSR count). The van der Waals surface area contributed by atoms with Gasteiger partial charge in [-0.25, -0.2) is 0 Å². The Morgan fingerprint density at radius 1 is 0.853 bits per heavy atom. The van der Waals surface area contributed by atoms with E-state index in [2.05, 4.69) is 81.4 Å². The minimum atomic E-state index is -2.50. The number of hydrogen-bond donors (Lipinski definition) is 0. The van der Waals surface area contributed by atoms with E-state index in [1.54, 1.807) is 0 Å². The van der Waals surface area contributed by atoms with Crippen molar-refractivity contribution in [1.29, 1.82) is 0 Å². The SMILES string of the molecule is CC(C)(C)[Si](OCCC1CCC2(CCC3(CCCCO3)O2)O1)(c1ccccc1)c1ccccc1. The summed E-state index contributed by atoms with van der Waals surface area (Å²) in [4.78, 5) is 0. The summed E-state index contributed by atoms with van der Waals surface area (Å²) >= 11 is 0. The Hall–Kier alpha value is -1.50. The van der Waals surface area contributed by atoms with Gasteiger partial charge in [0, 0.05) is 32.3 Å². The molecule has 3 saturated heterocycles. The summed E-state index contributed by atoms with van der Waals surface area (Å²) in [7, 11) is -2.50. The van der Waals surface area contributed by atoms with Gasteiger partial charge in [-0.1, -0.05) is 81.4 Å². The minimum Gasteiger partial charge on any atom is -0.407 e. The molecule has 184 valence electrons. The van der Waals surface area contributed by atoms with Gasteiger partial charge in [0.25, 0.3) is 8.32 Å². The van der Waals surface area contributed by atoms with Crippen molar-refractivity contribution in [2.24, 2.45) is 0 Å². The van der Waals surface area contributed by atoms with Crippen molar-refractivity contribution in [3.63, 3.8) is 0 Å². The molecule has 3 atom stereocenters. The van der Waals surface area contributed by atoms with Crippen LogP contribution in [0.5, 0.6) is 0 Å². The minimum absolute atomic E-state index is 0.00721. The molecule has 2 aromatic carbocycles. The lowest BCUT2D eigenvalue weighted by Crippen LogP contribution is -2.66. The average molecular weight is 481 g/mol. The van der Waals surface area contributed by atoms with E-state index >= 15 is 0 Å². The number of ether oxygens (including phenoxy) is 3. The molecular formula is C29H40O4Si. The Bertz CT molecular complexity index is 896. The molecule has 0 aliphatic carbocycles. The first-order valence-electron chi connectivity index (χ1n) is 13.1. The Kier molecular flexibility index (Phi) is 6.77. The van der Waals surface area contributed by atoms with Crippen LogP contribution in [0, 0.1) is 0 Å². The third-order valence-corrected chi connectivity index (χ3v) is 13.0. The van der Waals surface area contributed by atoms with Gasteiger partial charge in [0.1, 0.15) is 0 Å². The topological polar surface area (TPSA) is 36.9 Å². The maximum atomic E-state index is 7.08. The summed E-state index contributed by atoms with van der Waals surface area (Å²) < 4.78 is 26.3. The van der Waals surface area contributed by atoms with E-state index in [0.717, 1.165) is 51.6 Å². The molecule has 34 heavy (non-hydrogen) atoms. The summed E-state index contributed by atoms with van der Waals surface area (Å²) in [6.45, 7) is 8.49. The maximum absolute atomic E-state index is 7.08. The van der Waals surface area contributed by atoms with Crippen LogP contribution in [0.15, 0.2) is 60.7 Å². The molecule has 0 bridgehead atoms. The van der Waals surface area contributed by atoms with Crippen LogP contribution < -0.4 is 10.4 Å². The first-order valence-corrected chi connectivity index (χ1v) is 15.0. The predicted octanol–water partition coefficient (Wildman–Crippen LogP) is 5.54. The lowest BCUT2D eigenvalue weighted by Gasteiger charge is -2.43. The highest BCUT2D eigenvalue weighted by Gasteiger charge is 2.55. The molecule has 0 radical (unpaired) electrons. The van der Waals surface area contributed by atoms with Crippen LogP contribution in [0.1, 0.15) is 72.1 Å². The monoisotopic (exact) mass is 480 g/mol. The average Bonchev–Trinajstić information content (AvgIpc) is 3.40. The van der Waals surface area contributed by atoms with Crippen molar-refractivity contribution in [2.45, 2.75) is 94.9 Å². The number of rotatable bonds is 6. The molecule has 0 saturated carbocycles. The van der Waals surface area contributed by atoms with Gasteiger partial charge in [0.15, 0.2) is 11.6 Å².